The Hall–Kier alpha value is 1.22. The Bertz CT molecular complexity index is 439. The summed E-state index contributed by atoms with van der Waals surface area (Å²) in [6.45, 7) is 0. The van der Waals surface area contributed by atoms with E-state index >= 15 is 0 Å². The van der Waals surface area contributed by atoms with Crippen LogP contribution >= 0.6 is 69.6 Å². The van der Waals surface area contributed by atoms with Crippen molar-refractivity contribution in [3.63, 3.8) is 0 Å². The van der Waals surface area contributed by atoms with Crippen molar-refractivity contribution in [2.75, 3.05) is 0 Å². The molecule has 0 spiro atoms. The molecule has 0 heterocycles. The van der Waals surface area contributed by atoms with E-state index in [0.717, 1.165) is 6.42 Å². The maximum absolute atomic E-state index is 6.56. The maximum Gasteiger partial charge on any atom is 0.167 e. The van der Waals surface area contributed by atoms with Gasteiger partial charge < -0.3 is 0 Å². The van der Waals surface area contributed by atoms with Crippen LogP contribution in [0, 0.1) is 11.8 Å². The van der Waals surface area contributed by atoms with Crippen molar-refractivity contribution in [2.45, 2.75) is 20.5 Å². The quantitative estimate of drug-likeness (QED) is 0.429. The van der Waals surface area contributed by atoms with E-state index in [2.05, 4.69) is 0 Å². The minimum atomic E-state index is -1.38. The van der Waals surface area contributed by atoms with Crippen LogP contribution < -0.4 is 0 Å². The highest BCUT2D eigenvalue weighted by Gasteiger charge is 2.81. The Morgan fingerprint density at radius 2 is 1.56 bits per heavy atom. The molecule has 2 bridgehead atoms. The van der Waals surface area contributed by atoms with E-state index in [1.807, 2.05) is 12.2 Å². The van der Waals surface area contributed by atoms with E-state index in [1.54, 1.807) is 0 Å². The van der Waals surface area contributed by atoms with Crippen molar-refractivity contribution in [2.24, 2.45) is 11.8 Å². The lowest BCUT2D eigenvalue weighted by atomic mass is 9.84. The highest BCUT2D eigenvalue weighted by atomic mass is 35.5. The molecule has 0 nitrogen and oxygen atoms in total. The zero-order valence-corrected chi connectivity index (χ0v) is 12.3. The molecule has 6 heteroatoms. The Morgan fingerprint density at radius 3 is 2.19 bits per heavy atom. The Morgan fingerprint density at radius 1 is 1.00 bits per heavy atom. The molecule has 16 heavy (non-hydrogen) atoms. The molecule has 0 amide bonds. The zero-order valence-electron chi connectivity index (χ0n) is 7.78. The summed E-state index contributed by atoms with van der Waals surface area (Å²) in [5.74, 6) is -0.0478. The fourth-order valence-electron chi connectivity index (χ4n) is 3.08. The summed E-state index contributed by atoms with van der Waals surface area (Å²) in [6, 6.07) is 0. The number of allylic oxidation sites excluding steroid dienone is 4. The highest BCUT2D eigenvalue weighted by Crippen LogP contribution is 2.77. The molecule has 0 aromatic heterocycles. The monoisotopic (exact) mass is 336 g/mol. The molecule has 1 fully saturated rings. The van der Waals surface area contributed by atoms with Crippen LogP contribution in [0.4, 0.5) is 0 Å². The van der Waals surface area contributed by atoms with Gasteiger partial charge in [-0.15, -0.1) is 23.2 Å². The van der Waals surface area contributed by atoms with E-state index in [1.165, 1.54) is 0 Å². The second-order valence-corrected chi connectivity index (χ2v) is 7.70. The van der Waals surface area contributed by atoms with E-state index in [9.17, 15) is 0 Å². The summed E-state index contributed by atoms with van der Waals surface area (Å²) in [7, 11) is 0. The molecule has 0 saturated heterocycles. The van der Waals surface area contributed by atoms with Gasteiger partial charge in [-0.05, 0) is 12.3 Å². The number of halogens is 6. The lowest BCUT2D eigenvalue weighted by Gasteiger charge is -2.33. The van der Waals surface area contributed by atoms with Crippen LogP contribution in [0.3, 0.4) is 0 Å². The SMILES string of the molecule is ClC1=C(Cl)[C@]2(Cl)[C@H]3CC=C[C@@H]3[C@@]1(Cl)C2(Cl)Cl. The van der Waals surface area contributed by atoms with Crippen molar-refractivity contribution >= 4 is 69.6 Å². The van der Waals surface area contributed by atoms with Crippen molar-refractivity contribution < 1.29 is 0 Å². The first-order valence-corrected chi connectivity index (χ1v) is 7.05. The van der Waals surface area contributed by atoms with Crippen molar-refractivity contribution in [1.82, 2.24) is 0 Å². The van der Waals surface area contributed by atoms with Crippen LogP contribution in [0.25, 0.3) is 0 Å². The van der Waals surface area contributed by atoms with Crippen molar-refractivity contribution in [3.8, 4) is 0 Å². The van der Waals surface area contributed by atoms with Gasteiger partial charge in [-0.25, -0.2) is 0 Å². The van der Waals surface area contributed by atoms with E-state index in [4.69, 9.17) is 69.6 Å². The number of hydrogen-bond donors (Lipinski definition) is 0. The van der Waals surface area contributed by atoms with Gasteiger partial charge in [0.25, 0.3) is 0 Å². The predicted octanol–water partition coefficient (Wildman–Crippen LogP) is 5.02. The van der Waals surface area contributed by atoms with Gasteiger partial charge in [-0.1, -0.05) is 58.6 Å². The summed E-state index contributed by atoms with van der Waals surface area (Å²) in [4.78, 5) is -2.18. The smallest absolute Gasteiger partial charge is 0.109 e. The topological polar surface area (TPSA) is 0 Å². The number of hydrogen-bond acceptors (Lipinski definition) is 0. The minimum Gasteiger partial charge on any atom is -0.109 e. The van der Waals surface area contributed by atoms with Crippen LogP contribution in [0.15, 0.2) is 22.2 Å². The molecule has 3 aliphatic rings. The lowest BCUT2D eigenvalue weighted by molar-refractivity contribution is 0.416. The normalized spacial score (nSPS) is 52.6. The average molecular weight is 339 g/mol. The average Bonchev–Trinajstić information content (AvgIpc) is 2.78. The van der Waals surface area contributed by atoms with E-state index in [0.29, 0.717) is 5.03 Å². The maximum atomic E-state index is 6.56. The largest absolute Gasteiger partial charge is 0.167 e. The summed E-state index contributed by atoms with van der Waals surface area (Å²) in [5, 5.41) is 0.574. The Kier molecular flexibility index (Phi) is 2.46. The second kappa shape index (κ2) is 3.21. The Balaban J connectivity index is 2.32. The third-order valence-corrected chi connectivity index (χ3v) is 8.20. The van der Waals surface area contributed by atoms with Crippen LogP contribution in [0.5, 0.6) is 0 Å². The first-order chi connectivity index (χ1) is 7.29. The fourth-order valence-corrected chi connectivity index (χ4v) is 6.12. The first-order valence-electron chi connectivity index (χ1n) is 4.78. The minimum absolute atomic E-state index is 0.0108. The van der Waals surface area contributed by atoms with Crippen molar-refractivity contribution in [3.05, 3.63) is 22.2 Å². The van der Waals surface area contributed by atoms with Crippen LogP contribution in [0.2, 0.25) is 0 Å². The number of fused-ring (bicyclic) bond motifs is 5. The first kappa shape index (κ1) is 12.3. The summed E-state index contributed by atoms with van der Waals surface area (Å²) in [5.41, 5.74) is 0. The molecule has 0 aliphatic heterocycles. The van der Waals surface area contributed by atoms with Gasteiger partial charge in [-0.3, -0.25) is 0 Å². The molecule has 3 rings (SSSR count). The third-order valence-electron chi connectivity index (χ3n) is 3.88. The second-order valence-electron chi connectivity index (χ2n) is 4.42. The molecule has 3 aliphatic carbocycles. The van der Waals surface area contributed by atoms with Crippen LogP contribution in [-0.2, 0) is 0 Å². The molecule has 0 aromatic carbocycles. The van der Waals surface area contributed by atoms with Gasteiger partial charge in [-0.2, -0.15) is 0 Å². The molecule has 0 N–H and O–H groups in total. The number of alkyl halides is 4. The molecule has 88 valence electrons. The standard InChI is InChI=1S/C10H6Cl6/c11-6-7(12)9(14)5-3-1-2-4(5)8(6,13)10(9,15)16/h1-2,4-5H,3H2/t4-,5-,8-,9+/m0/s1. The summed E-state index contributed by atoms with van der Waals surface area (Å²) >= 11 is 38.2. The third kappa shape index (κ3) is 0.940. The summed E-state index contributed by atoms with van der Waals surface area (Å²) < 4.78 is -1.38. The lowest BCUT2D eigenvalue weighted by Crippen LogP contribution is -2.44. The van der Waals surface area contributed by atoms with Gasteiger partial charge in [0.2, 0.25) is 0 Å². The molecule has 0 radical (unpaired) electrons. The fraction of sp³-hybridized carbons (Fsp3) is 0.600. The molecular weight excluding hydrogens is 333 g/mol. The van der Waals surface area contributed by atoms with Crippen LogP contribution in [-0.4, -0.2) is 14.1 Å². The molecule has 1 saturated carbocycles. The van der Waals surface area contributed by atoms with Gasteiger partial charge in [0, 0.05) is 5.92 Å². The van der Waals surface area contributed by atoms with Gasteiger partial charge in [0.1, 0.15) is 9.75 Å². The van der Waals surface area contributed by atoms with Crippen LogP contribution in [0.1, 0.15) is 6.42 Å². The van der Waals surface area contributed by atoms with Gasteiger partial charge in [0.05, 0.1) is 10.1 Å². The van der Waals surface area contributed by atoms with Gasteiger partial charge in [0.15, 0.2) is 4.33 Å². The molecule has 0 aromatic rings. The highest BCUT2D eigenvalue weighted by molar-refractivity contribution is 6.65. The summed E-state index contributed by atoms with van der Waals surface area (Å²) in [6.07, 6.45) is 4.77. The molecule has 4 atom stereocenters. The zero-order chi connectivity index (χ0) is 11.9. The van der Waals surface area contributed by atoms with E-state index < -0.39 is 14.1 Å². The predicted molar refractivity (Wildman–Crippen MR) is 71.1 cm³/mol. The van der Waals surface area contributed by atoms with Gasteiger partial charge >= 0.3 is 0 Å². The Labute approximate surface area is 123 Å². The molecular formula is C10H6Cl6. The number of rotatable bonds is 0. The van der Waals surface area contributed by atoms with E-state index in [-0.39, 0.29) is 16.9 Å². The van der Waals surface area contributed by atoms with Crippen molar-refractivity contribution in [1.29, 1.82) is 0 Å². The molecule has 0 unspecified atom stereocenters.